The number of halogens is 1. The Morgan fingerprint density at radius 3 is 2.96 bits per heavy atom. The van der Waals surface area contributed by atoms with E-state index in [1.54, 1.807) is 30.2 Å². The third kappa shape index (κ3) is 3.24. The number of amides is 1. The summed E-state index contributed by atoms with van der Waals surface area (Å²) in [5, 5.41) is 0.614. The van der Waals surface area contributed by atoms with Gasteiger partial charge in [0.15, 0.2) is 5.76 Å². The molecule has 1 aliphatic heterocycles. The number of furan rings is 2. The highest BCUT2D eigenvalue weighted by atomic mass is 19.1. The van der Waals surface area contributed by atoms with E-state index in [1.165, 1.54) is 12.1 Å². The van der Waals surface area contributed by atoms with Crippen LogP contribution in [-0.2, 0) is 11.3 Å². The fraction of sp³-hybridized carbons (Fsp3) is 0.350. The Kier molecular flexibility index (Phi) is 4.51. The summed E-state index contributed by atoms with van der Waals surface area (Å²) in [6.07, 6.45) is 3.51. The minimum absolute atomic E-state index is 0.0102. The van der Waals surface area contributed by atoms with Crippen LogP contribution >= 0.6 is 0 Å². The topological polar surface area (TPSA) is 55.8 Å². The Morgan fingerprint density at radius 1 is 1.35 bits per heavy atom. The zero-order chi connectivity index (χ0) is 18.1. The van der Waals surface area contributed by atoms with E-state index in [-0.39, 0.29) is 23.6 Å². The molecule has 1 aromatic carbocycles. The lowest BCUT2D eigenvalue weighted by Gasteiger charge is -2.24. The van der Waals surface area contributed by atoms with Crippen LogP contribution in [0.4, 0.5) is 4.39 Å². The van der Waals surface area contributed by atoms with Crippen molar-refractivity contribution in [3.63, 3.8) is 0 Å². The van der Waals surface area contributed by atoms with Crippen LogP contribution in [0.3, 0.4) is 0 Å². The maximum atomic E-state index is 13.5. The van der Waals surface area contributed by atoms with Crippen LogP contribution in [0.1, 0.15) is 34.7 Å². The van der Waals surface area contributed by atoms with Gasteiger partial charge in [-0.25, -0.2) is 4.39 Å². The Balaban J connectivity index is 1.65. The molecule has 3 heterocycles. The summed E-state index contributed by atoms with van der Waals surface area (Å²) >= 11 is 0. The van der Waals surface area contributed by atoms with Crippen molar-refractivity contribution < 1.29 is 22.8 Å². The Morgan fingerprint density at radius 2 is 2.23 bits per heavy atom. The molecule has 2 aromatic heterocycles. The number of aryl methyl sites for hydroxylation is 1. The number of ether oxygens (including phenoxy) is 1. The molecule has 0 saturated carbocycles. The Hall–Kier alpha value is -2.60. The van der Waals surface area contributed by atoms with E-state index in [9.17, 15) is 9.18 Å². The van der Waals surface area contributed by atoms with E-state index < -0.39 is 0 Å². The van der Waals surface area contributed by atoms with Crippen LogP contribution in [0.25, 0.3) is 11.0 Å². The van der Waals surface area contributed by atoms with Crippen molar-refractivity contribution in [3.05, 3.63) is 59.5 Å². The summed E-state index contributed by atoms with van der Waals surface area (Å²) in [7, 11) is 0. The van der Waals surface area contributed by atoms with Crippen molar-refractivity contribution in [3.8, 4) is 0 Å². The highest BCUT2D eigenvalue weighted by Gasteiger charge is 2.28. The first-order valence-corrected chi connectivity index (χ1v) is 8.74. The van der Waals surface area contributed by atoms with E-state index in [2.05, 4.69) is 0 Å². The van der Waals surface area contributed by atoms with Gasteiger partial charge in [-0.3, -0.25) is 4.79 Å². The number of fused-ring (bicyclic) bond motifs is 1. The van der Waals surface area contributed by atoms with E-state index in [0.717, 1.165) is 19.4 Å². The molecular weight excluding hydrogens is 337 g/mol. The number of nitrogens with zero attached hydrogens (tertiary/aromatic N) is 1. The molecule has 0 spiro atoms. The largest absolute Gasteiger partial charge is 0.467 e. The molecule has 0 aliphatic carbocycles. The van der Waals surface area contributed by atoms with Crippen molar-refractivity contribution in [2.24, 2.45) is 0 Å². The Bertz CT molecular complexity index is 909. The molecule has 1 fully saturated rings. The van der Waals surface area contributed by atoms with E-state index in [1.807, 2.05) is 6.07 Å². The Labute approximate surface area is 150 Å². The van der Waals surface area contributed by atoms with Gasteiger partial charge in [-0.1, -0.05) is 0 Å². The van der Waals surface area contributed by atoms with Gasteiger partial charge in [0.05, 0.1) is 18.9 Å². The highest BCUT2D eigenvalue weighted by molar-refractivity contribution is 5.98. The number of carbonyl (C=O) groups excluding carboxylic acids is 1. The van der Waals surface area contributed by atoms with Crippen LogP contribution < -0.4 is 0 Å². The average molecular weight is 357 g/mol. The van der Waals surface area contributed by atoms with Gasteiger partial charge in [-0.15, -0.1) is 0 Å². The molecule has 0 radical (unpaired) electrons. The second kappa shape index (κ2) is 6.96. The van der Waals surface area contributed by atoms with Gasteiger partial charge in [0.25, 0.3) is 5.91 Å². The van der Waals surface area contributed by atoms with Crippen molar-refractivity contribution in [2.45, 2.75) is 32.4 Å². The average Bonchev–Trinajstić information content (AvgIpc) is 3.37. The molecule has 0 unspecified atom stereocenters. The summed E-state index contributed by atoms with van der Waals surface area (Å²) in [5.41, 5.74) is 1.14. The lowest BCUT2D eigenvalue weighted by Crippen LogP contribution is -2.37. The number of carbonyl (C=O) groups is 1. The maximum absolute atomic E-state index is 13.5. The molecule has 4 rings (SSSR count). The number of hydrogen-bond donors (Lipinski definition) is 0. The molecule has 1 atom stereocenters. The number of benzene rings is 1. The second-order valence-electron chi connectivity index (χ2n) is 6.60. The molecule has 1 aliphatic rings. The normalized spacial score (nSPS) is 17.1. The fourth-order valence-corrected chi connectivity index (χ4v) is 3.38. The quantitative estimate of drug-likeness (QED) is 0.683. The van der Waals surface area contributed by atoms with Crippen LogP contribution in [0, 0.1) is 12.7 Å². The van der Waals surface area contributed by atoms with Gasteiger partial charge < -0.3 is 18.5 Å². The third-order valence-electron chi connectivity index (χ3n) is 4.75. The molecule has 5 nitrogen and oxygen atoms in total. The maximum Gasteiger partial charge on any atom is 0.290 e. The molecule has 1 saturated heterocycles. The lowest BCUT2D eigenvalue weighted by molar-refractivity contribution is 0.0469. The predicted molar refractivity (Wildman–Crippen MR) is 93.3 cm³/mol. The molecule has 3 aromatic rings. The smallest absolute Gasteiger partial charge is 0.290 e. The summed E-state index contributed by atoms with van der Waals surface area (Å²) in [6, 6.07) is 7.88. The zero-order valence-corrected chi connectivity index (χ0v) is 14.5. The summed E-state index contributed by atoms with van der Waals surface area (Å²) in [6.45, 7) is 3.28. The van der Waals surface area contributed by atoms with Crippen molar-refractivity contribution >= 4 is 16.9 Å². The first-order chi connectivity index (χ1) is 12.6. The van der Waals surface area contributed by atoms with Crippen LogP contribution in [0.5, 0.6) is 0 Å². The highest BCUT2D eigenvalue weighted by Crippen LogP contribution is 2.28. The summed E-state index contributed by atoms with van der Waals surface area (Å²) < 4.78 is 30.4. The van der Waals surface area contributed by atoms with Crippen LogP contribution in [-0.4, -0.2) is 30.1 Å². The molecular formula is C20H20FNO4. The van der Waals surface area contributed by atoms with Crippen molar-refractivity contribution in [2.75, 3.05) is 13.2 Å². The molecule has 0 N–H and O–H groups in total. The SMILES string of the molecule is Cc1c(C(=O)N(Cc2ccco2)C[C@H]2CCCO2)oc2ccc(F)cc12. The standard InChI is InChI=1S/C20H20FNO4/c1-13-17-10-14(21)6-7-18(17)26-19(13)20(23)22(11-15-4-2-8-24-15)12-16-5-3-9-25-16/h2,4,6-8,10,16H,3,5,9,11-12H2,1H3/t16-/m1/s1. The molecule has 136 valence electrons. The number of rotatable bonds is 5. The molecule has 26 heavy (non-hydrogen) atoms. The number of hydrogen-bond acceptors (Lipinski definition) is 4. The van der Waals surface area contributed by atoms with E-state index in [0.29, 0.717) is 35.4 Å². The predicted octanol–water partition coefficient (Wildman–Crippen LogP) is 4.29. The van der Waals surface area contributed by atoms with Gasteiger partial charge in [0.2, 0.25) is 0 Å². The van der Waals surface area contributed by atoms with E-state index >= 15 is 0 Å². The summed E-state index contributed by atoms with van der Waals surface area (Å²) in [4.78, 5) is 14.9. The second-order valence-corrected chi connectivity index (χ2v) is 6.60. The molecule has 6 heteroatoms. The minimum atomic E-state index is -0.354. The molecule has 0 bridgehead atoms. The van der Waals surface area contributed by atoms with Gasteiger partial charge >= 0.3 is 0 Å². The third-order valence-corrected chi connectivity index (χ3v) is 4.75. The van der Waals surface area contributed by atoms with Crippen molar-refractivity contribution in [1.82, 2.24) is 4.90 Å². The van der Waals surface area contributed by atoms with Gasteiger partial charge in [0, 0.05) is 24.1 Å². The molecule has 1 amide bonds. The minimum Gasteiger partial charge on any atom is -0.467 e. The fourth-order valence-electron chi connectivity index (χ4n) is 3.38. The van der Waals surface area contributed by atoms with Gasteiger partial charge in [-0.05, 0) is 50.1 Å². The van der Waals surface area contributed by atoms with Gasteiger partial charge in [0.1, 0.15) is 17.2 Å². The van der Waals surface area contributed by atoms with Crippen LogP contribution in [0.15, 0.2) is 45.4 Å². The first kappa shape index (κ1) is 16.8. The summed E-state index contributed by atoms with van der Waals surface area (Å²) in [5.74, 6) is 0.324. The monoisotopic (exact) mass is 357 g/mol. The van der Waals surface area contributed by atoms with Gasteiger partial charge in [-0.2, -0.15) is 0 Å². The lowest BCUT2D eigenvalue weighted by atomic mass is 10.1. The first-order valence-electron chi connectivity index (χ1n) is 8.74. The van der Waals surface area contributed by atoms with Crippen molar-refractivity contribution in [1.29, 1.82) is 0 Å². The van der Waals surface area contributed by atoms with Crippen LogP contribution in [0.2, 0.25) is 0 Å². The zero-order valence-electron chi connectivity index (χ0n) is 14.5. The van der Waals surface area contributed by atoms with E-state index in [4.69, 9.17) is 13.6 Å².